The highest BCUT2D eigenvalue weighted by Gasteiger charge is 2.32. The number of carbonyl (C=O) groups is 2. The van der Waals surface area contributed by atoms with E-state index < -0.39 is 15.9 Å². The standard InChI is InChI=1S/C52H59N7O6S/c1-35-30-43(14-16-47(35)55-33-36-21-28-64-29-22-36)66(62,63)57-52(61)46-15-11-39(32-49(46)65-42-31-40-17-24-54-51(40)56-34-42)37-9-12-41(13-10-37)59-25-5-8-48(59)45-7-4-3-6-44(45)38-19-26-58(27-20-38)50(60)18-23-53-2/h3-4,6-7,9-17,24,30-32,34,36,38,48,53,55H,5,8,18-23,25-29,33H2,1-2H3,(H,54,56)(H,57,61)/t48-/m1/s1. The van der Waals surface area contributed by atoms with Crippen molar-refractivity contribution in [3.05, 3.63) is 132 Å². The molecule has 1 atom stereocenters. The van der Waals surface area contributed by atoms with E-state index in [4.69, 9.17) is 9.47 Å². The summed E-state index contributed by atoms with van der Waals surface area (Å²) in [5, 5.41) is 7.37. The smallest absolute Gasteiger partial charge is 0.268 e. The van der Waals surface area contributed by atoms with Crippen molar-refractivity contribution in [2.75, 3.05) is 63.2 Å². The lowest BCUT2D eigenvalue weighted by Crippen LogP contribution is -2.39. The number of carbonyl (C=O) groups excluding carboxylic acids is 2. The van der Waals surface area contributed by atoms with Crippen LogP contribution in [0.1, 0.15) is 84.0 Å². The van der Waals surface area contributed by atoms with Crippen LogP contribution in [0.2, 0.25) is 0 Å². The molecule has 3 fully saturated rings. The van der Waals surface area contributed by atoms with Gasteiger partial charge in [0.2, 0.25) is 5.91 Å². The largest absolute Gasteiger partial charge is 0.455 e. The van der Waals surface area contributed by atoms with E-state index in [0.717, 1.165) is 111 Å². The molecule has 0 unspecified atom stereocenters. The Bertz CT molecular complexity index is 2780. The van der Waals surface area contributed by atoms with Crippen LogP contribution in [0.15, 0.2) is 114 Å². The van der Waals surface area contributed by atoms with E-state index in [2.05, 4.69) is 78.8 Å². The van der Waals surface area contributed by atoms with Gasteiger partial charge in [-0.3, -0.25) is 9.59 Å². The van der Waals surface area contributed by atoms with Gasteiger partial charge in [-0.2, -0.15) is 0 Å². The van der Waals surface area contributed by atoms with Gasteiger partial charge in [0.05, 0.1) is 22.7 Å². The van der Waals surface area contributed by atoms with Crippen LogP contribution in [-0.2, 0) is 19.6 Å². The van der Waals surface area contributed by atoms with Gasteiger partial charge < -0.3 is 34.9 Å². The summed E-state index contributed by atoms with van der Waals surface area (Å²) < 4.78 is 41.6. The fourth-order valence-electron chi connectivity index (χ4n) is 9.78. The first kappa shape index (κ1) is 45.0. The molecule has 0 aliphatic carbocycles. The molecule has 6 aromatic rings. The molecule has 3 aliphatic rings. The first-order valence-corrected chi connectivity index (χ1v) is 24.7. The van der Waals surface area contributed by atoms with Crippen LogP contribution in [0.3, 0.4) is 0 Å². The number of piperidine rings is 1. The number of benzene rings is 4. The number of aryl methyl sites for hydroxylation is 1. The van der Waals surface area contributed by atoms with Crippen molar-refractivity contribution >= 4 is 44.2 Å². The van der Waals surface area contributed by atoms with Crippen molar-refractivity contribution in [1.82, 2.24) is 24.9 Å². The van der Waals surface area contributed by atoms with Gasteiger partial charge in [-0.25, -0.2) is 18.1 Å². The van der Waals surface area contributed by atoms with Gasteiger partial charge in [0.25, 0.3) is 15.9 Å². The van der Waals surface area contributed by atoms with Gasteiger partial charge in [0.1, 0.15) is 17.1 Å². The number of pyridine rings is 1. The third kappa shape index (κ3) is 10.1. The fraction of sp³-hybridized carbons (Fsp3) is 0.365. The maximum Gasteiger partial charge on any atom is 0.268 e. The van der Waals surface area contributed by atoms with E-state index in [-0.39, 0.29) is 28.2 Å². The molecule has 14 heteroatoms. The number of hydrogen-bond donors (Lipinski definition) is 4. The lowest BCUT2D eigenvalue weighted by molar-refractivity contribution is -0.132. The number of nitrogens with zero attached hydrogens (tertiary/aromatic N) is 3. The summed E-state index contributed by atoms with van der Waals surface area (Å²) in [5.74, 6) is 0.905. The van der Waals surface area contributed by atoms with Crippen LogP contribution in [0.25, 0.3) is 22.2 Å². The van der Waals surface area contributed by atoms with E-state index in [9.17, 15) is 18.0 Å². The number of aromatic nitrogens is 2. The van der Waals surface area contributed by atoms with Gasteiger partial charge in [-0.15, -0.1) is 0 Å². The van der Waals surface area contributed by atoms with Crippen LogP contribution in [0, 0.1) is 12.8 Å². The van der Waals surface area contributed by atoms with Crippen molar-refractivity contribution in [3.8, 4) is 22.6 Å². The number of fused-ring (bicyclic) bond motifs is 1. The fourth-order valence-corrected chi connectivity index (χ4v) is 10.8. The van der Waals surface area contributed by atoms with E-state index >= 15 is 0 Å². The van der Waals surface area contributed by atoms with Crippen molar-refractivity contribution < 1.29 is 27.5 Å². The molecule has 9 rings (SSSR count). The lowest BCUT2D eigenvalue weighted by Gasteiger charge is -2.35. The van der Waals surface area contributed by atoms with Crippen LogP contribution < -0.4 is 25.0 Å². The zero-order valence-corrected chi connectivity index (χ0v) is 38.5. The average molecular weight is 910 g/mol. The Hall–Kier alpha value is -6.22. The molecule has 4 aromatic carbocycles. The summed E-state index contributed by atoms with van der Waals surface area (Å²) in [4.78, 5) is 38.8. The molecule has 3 saturated heterocycles. The number of ether oxygens (including phenoxy) is 2. The normalized spacial score (nSPS) is 17.3. The average Bonchev–Trinajstić information content (AvgIpc) is 4.04. The summed E-state index contributed by atoms with van der Waals surface area (Å²) in [6.07, 6.45) is 9.94. The maximum atomic E-state index is 14.0. The number of nitrogens with one attached hydrogen (secondary N) is 4. The third-order valence-corrected chi connectivity index (χ3v) is 14.8. The topological polar surface area (TPSA) is 158 Å². The quantitative estimate of drug-likeness (QED) is 0.0784. The number of H-pyrrole nitrogens is 1. The number of aromatic amines is 1. The van der Waals surface area contributed by atoms with Crippen LogP contribution in [-0.4, -0.2) is 88.1 Å². The first-order chi connectivity index (χ1) is 32.1. The summed E-state index contributed by atoms with van der Waals surface area (Å²) >= 11 is 0. The first-order valence-electron chi connectivity index (χ1n) is 23.3. The molecule has 0 bridgehead atoms. The molecule has 0 radical (unpaired) electrons. The molecule has 5 heterocycles. The highest BCUT2D eigenvalue weighted by atomic mass is 32.2. The monoisotopic (exact) mass is 909 g/mol. The minimum atomic E-state index is -4.25. The summed E-state index contributed by atoms with van der Waals surface area (Å²) in [7, 11) is -2.37. The van der Waals surface area contributed by atoms with Gasteiger partial charge in [-0.1, -0.05) is 42.5 Å². The molecule has 13 nitrogen and oxygen atoms in total. The summed E-state index contributed by atoms with van der Waals surface area (Å²) in [6.45, 7) is 7.36. The molecule has 2 aromatic heterocycles. The van der Waals surface area contributed by atoms with Gasteiger partial charge in [0.15, 0.2) is 0 Å². The molecule has 4 N–H and O–H groups in total. The van der Waals surface area contributed by atoms with Gasteiger partial charge in [0, 0.05) is 75.3 Å². The van der Waals surface area contributed by atoms with Crippen molar-refractivity contribution in [2.24, 2.45) is 5.92 Å². The second-order valence-corrected chi connectivity index (χ2v) is 19.5. The molecule has 3 aliphatic heterocycles. The predicted octanol–water partition coefficient (Wildman–Crippen LogP) is 8.94. The molecule has 2 amide bonds. The van der Waals surface area contributed by atoms with Crippen molar-refractivity contribution in [3.63, 3.8) is 0 Å². The molecular formula is C52H59N7O6S. The predicted molar refractivity (Wildman–Crippen MR) is 259 cm³/mol. The number of amides is 2. The summed E-state index contributed by atoms with van der Waals surface area (Å²) in [5.41, 5.74) is 7.96. The number of likely N-dealkylation sites (tertiary alicyclic amines) is 1. The molecular weight excluding hydrogens is 851 g/mol. The van der Waals surface area contributed by atoms with Crippen molar-refractivity contribution in [2.45, 2.75) is 68.7 Å². The van der Waals surface area contributed by atoms with Crippen LogP contribution >= 0.6 is 0 Å². The van der Waals surface area contributed by atoms with Gasteiger partial charge in [-0.05, 0) is 147 Å². The lowest BCUT2D eigenvalue weighted by atomic mass is 9.84. The minimum absolute atomic E-state index is 0.00991. The second-order valence-electron chi connectivity index (χ2n) is 17.8. The second kappa shape index (κ2) is 20.1. The Balaban J connectivity index is 0.931. The Labute approximate surface area is 387 Å². The number of sulfonamides is 1. The van der Waals surface area contributed by atoms with E-state index in [1.165, 1.54) is 17.2 Å². The number of anilines is 2. The Morgan fingerprint density at radius 3 is 2.41 bits per heavy atom. The van der Waals surface area contributed by atoms with E-state index in [1.54, 1.807) is 36.7 Å². The molecule has 0 spiro atoms. The highest BCUT2D eigenvalue weighted by Crippen LogP contribution is 2.42. The zero-order valence-electron chi connectivity index (χ0n) is 37.7. The van der Waals surface area contributed by atoms with Crippen LogP contribution in [0.5, 0.6) is 11.5 Å². The maximum absolute atomic E-state index is 14.0. The third-order valence-electron chi connectivity index (χ3n) is 13.5. The SMILES string of the molecule is CNCCC(=O)N1CCC(c2ccccc2[C@H]2CCCN2c2ccc(-c3ccc(C(=O)NS(=O)(=O)c4ccc(NCC5CCOCC5)c(C)c4)c(Oc4cnc5[nH]ccc5c4)c3)cc2)CC1. The Kier molecular flexibility index (Phi) is 13.7. The highest BCUT2D eigenvalue weighted by molar-refractivity contribution is 7.90. The molecule has 66 heavy (non-hydrogen) atoms. The minimum Gasteiger partial charge on any atom is -0.455 e. The molecule has 0 saturated carbocycles. The molecule has 344 valence electrons. The number of hydrogen-bond acceptors (Lipinski definition) is 10. The Morgan fingerprint density at radius 1 is 0.864 bits per heavy atom. The number of rotatable bonds is 15. The van der Waals surface area contributed by atoms with Crippen molar-refractivity contribution in [1.29, 1.82) is 0 Å². The van der Waals surface area contributed by atoms with E-state index in [0.29, 0.717) is 36.2 Å². The van der Waals surface area contributed by atoms with E-state index in [1.807, 2.05) is 37.1 Å². The van der Waals surface area contributed by atoms with Gasteiger partial charge >= 0.3 is 0 Å². The Morgan fingerprint density at radius 2 is 1.64 bits per heavy atom. The summed E-state index contributed by atoms with van der Waals surface area (Å²) in [6, 6.07) is 31.3. The zero-order chi connectivity index (χ0) is 45.6. The van der Waals surface area contributed by atoms with Crippen LogP contribution in [0.4, 0.5) is 11.4 Å².